The number of hydrogen-bond donors (Lipinski definition) is 2. The van der Waals surface area contributed by atoms with Crippen molar-refractivity contribution in [2.45, 2.75) is 37.6 Å². The fraction of sp³-hybridized carbons (Fsp3) is 0.846. The summed E-state index contributed by atoms with van der Waals surface area (Å²) in [5, 5.41) is 12.1. The van der Waals surface area contributed by atoms with Gasteiger partial charge in [-0.05, 0) is 26.9 Å². The lowest BCUT2D eigenvalue weighted by molar-refractivity contribution is -0.145. The minimum absolute atomic E-state index is 0.300. The molecule has 2 amide bonds. The number of carbonyl (C=O) groups is 2. The van der Waals surface area contributed by atoms with E-state index < -0.39 is 11.5 Å². The molecule has 1 aliphatic rings. The van der Waals surface area contributed by atoms with Crippen molar-refractivity contribution in [2.75, 3.05) is 34.2 Å². The number of carboxylic acid groups (broad SMARTS) is 1. The Morgan fingerprint density at radius 2 is 1.68 bits per heavy atom. The average Bonchev–Trinajstić information content (AvgIpc) is 2.36. The van der Waals surface area contributed by atoms with Crippen molar-refractivity contribution in [3.05, 3.63) is 0 Å². The van der Waals surface area contributed by atoms with Crippen LogP contribution in [0, 0.1) is 0 Å². The molecule has 1 fully saturated rings. The summed E-state index contributed by atoms with van der Waals surface area (Å²) in [7, 11) is 5.56. The molecule has 0 aliphatic heterocycles. The maximum absolute atomic E-state index is 12.1. The van der Waals surface area contributed by atoms with Crippen LogP contribution in [0.5, 0.6) is 0 Å². The first-order valence-corrected chi connectivity index (χ1v) is 6.79. The maximum atomic E-state index is 12.1. The van der Waals surface area contributed by atoms with E-state index in [2.05, 4.69) is 5.32 Å². The number of nitrogens with one attached hydrogen (secondary N) is 1. The van der Waals surface area contributed by atoms with Gasteiger partial charge in [0, 0.05) is 20.1 Å². The zero-order chi connectivity index (χ0) is 14.5. The second kappa shape index (κ2) is 6.75. The molecule has 0 unspecified atom stereocenters. The summed E-state index contributed by atoms with van der Waals surface area (Å²) in [6.07, 6.45) is 3.80. The molecule has 19 heavy (non-hydrogen) atoms. The Balaban J connectivity index is 2.58. The van der Waals surface area contributed by atoms with Gasteiger partial charge in [-0.3, -0.25) is 0 Å². The number of carboxylic acids is 1. The molecular formula is C13H25N3O3. The summed E-state index contributed by atoms with van der Waals surface area (Å²) in [4.78, 5) is 27.0. The Labute approximate surface area is 114 Å². The molecule has 1 rings (SSSR count). The number of rotatable bonds is 5. The standard InChI is InChI=1S/C13H25N3O3/c1-15(2)9-10-16(3)12(19)14-13(11(17)18)7-5-4-6-8-13/h4-10H2,1-3H3,(H,14,19)(H,17,18). The Kier molecular flexibility index (Phi) is 5.60. The van der Waals surface area contributed by atoms with E-state index in [0.29, 0.717) is 19.4 Å². The van der Waals surface area contributed by atoms with E-state index in [4.69, 9.17) is 0 Å². The van der Waals surface area contributed by atoms with Gasteiger partial charge in [-0.2, -0.15) is 0 Å². The van der Waals surface area contributed by atoms with Crippen LogP contribution in [-0.2, 0) is 4.79 Å². The Hall–Kier alpha value is -1.30. The van der Waals surface area contributed by atoms with Crippen molar-refractivity contribution in [3.8, 4) is 0 Å². The molecular weight excluding hydrogens is 246 g/mol. The molecule has 0 heterocycles. The van der Waals surface area contributed by atoms with Gasteiger partial charge < -0.3 is 20.2 Å². The number of urea groups is 1. The van der Waals surface area contributed by atoms with Gasteiger partial charge in [0.2, 0.25) is 0 Å². The zero-order valence-electron chi connectivity index (χ0n) is 12.1. The van der Waals surface area contributed by atoms with E-state index >= 15 is 0 Å². The van der Waals surface area contributed by atoms with Crippen molar-refractivity contribution in [3.63, 3.8) is 0 Å². The lowest BCUT2D eigenvalue weighted by atomic mass is 9.82. The van der Waals surface area contributed by atoms with Crippen molar-refractivity contribution in [2.24, 2.45) is 0 Å². The van der Waals surface area contributed by atoms with Crippen LogP contribution >= 0.6 is 0 Å². The third kappa shape index (κ3) is 4.38. The summed E-state index contributed by atoms with van der Waals surface area (Å²) in [6, 6.07) is -0.300. The van der Waals surface area contributed by atoms with Gasteiger partial charge in [-0.1, -0.05) is 19.3 Å². The molecule has 1 aliphatic carbocycles. The van der Waals surface area contributed by atoms with Gasteiger partial charge in [0.15, 0.2) is 0 Å². The van der Waals surface area contributed by atoms with E-state index in [-0.39, 0.29) is 6.03 Å². The SMILES string of the molecule is CN(C)CCN(C)C(=O)NC1(C(=O)O)CCCCC1. The predicted molar refractivity (Wildman–Crippen MR) is 73.2 cm³/mol. The Morgan fingerprint density at radius 3 is 2.16 bits per heavy atom. The van der Waals surface area contributed by atoms with Crippen molar-refractivity contribution >= 4 is 12.0 Å². The van der Waals surface area contributed by atoms with Crippen LogP contribution in [0.3, 0.4) is 0 Å². The normalized spacial score (nSPS) is 18.1. The molecule has 110 valence electrons. The fourth-order valence-electron chi connectivity index (χ4n) is 2.30. The van der Waals surface area contributed by atoms with Crippen LogP contribution in [0.1, 0.15) is 32.1 Å². The van der Waals surface area contributed by atoms with Crippen LogP contribution in [0.25, 0.3) is 0 Å². The number of hydrogen-bond acceptors (Lipinski definition) is 3. The number of carbonyl (C=O) groups excluding carboxylic acids is 1. The van der Waals surface area contributed by atoms with Crippen LogP contribution in [0.4, 0.5) is 4.79 Å². The molecule has 6 heteroatoms. The first-order valence-electron chi connectivity index (χ1n) is 6.79. The molecule has 0 spiro atoms. The maximum Gasteiger partial charge on any atom is 0.329 e. The van der Waals surface area contributed by atoms with Gasteiger partial charge in [-0.15, -0.1) is 0 Å². The van der Waals surface area contributed by atoms with Crippen LogP contribution in [0.15, 0.2) is 0 Å². The van der Waals surface area contributed by atoms with Gasteiger partial charge in [-0.25, -0.2) is 9.59 Å². The molecule has 0 aromatic heterocycles. The molecule has 0 aromatic rings. The zero-order valence-corrected chi connectivity index (χ0v) is 12.1. The van der Waals surface area contributed by atoms with E-state index in [1.807, 2.05) is 19.0 Å². The molecule has 1 saturated carbocycles. The van der Waals surface area contributed by atoms with Crippen LogP contribution in [0.2, 0.25) is 0 Å². The Morgan fingerprint density at radius 1 is 1.11 bits per heavy atom. The number of nitrogens with zero attached hydrogens (tertiary/aromatic N) is 2. The van der Waals surface area contributed by atoms with E-state index in [9.17, 15) is 14.7 Å². The highest BCUT2D eigenvalue weighted by molar-refractivity contribution is 5.86. The molecule has 0 atom stereocenters. The highest BCUT2D eigenvalue weighted by atomic mass is 16.4. The smallest absolute Gasteiger partial charge is 0.329 e. The lowest BCUT2D eigenvalue weighted by Gasteiger charge is -2.35. The van der Waals surface area contributed by atoms with E-state index in [0.717, 1.165) is 25.8 Å². The monoisotopic (exact) mass is 271 g/mol. The molecule has 0 saturated heterocycles. The second-order valence-electron chi connectivity index (χ2n) is 5.60. The first kappa shape index (κ1) is 15.8. The predicted octanol–water partition coefficient (Wildman–Crippen LogP) is 0.977. The minimum atomic E-state index is -1.07. The summed E-state index contributed by atoms with van der Waals surface area (Å²) in [5.41, 5.74) is -1.07. The molecule has 0 aromatic carbocycles. The second-order valence-corrected chi connectivity index (χ2v) is 5.60. The highest BCUT2D eigenvalue weighted by Gasteiger charge is 2.41. The van der Waals surface area contributed by atoms with Gasteiger partial charge in [0.25, 0.3) is 0 Å². The fourth-order valence-corrected chi connectivity index (χ4v) is 2.30. The highest BCUT2D eigenvalue weighted by Crippen LogP contribution is 2.28. The van der Waals surface area contributed by atoms with Crippen molar-refractivity contribution in [1.82, 2.24) is 15.1 Å². The third-order valence-corrected chi connectivity index (χ3v) is 3.69. The minimum Gasteiger partial charge on any atom is -0.480 e. The first-order chi connectivity index (χ1) is 8.87. The summed E-state index contributed by atoms with van der Waals surface area (Å²) >= 11 is 0. The van der Waals surface area contributed by atoms with E-state index in [1.54, 1.807) is 11.9 Å². The lowest BCUT2D eigenvalue weighted by Crippen LogP contribution is -2.58. The number of amides is 2. The topological polar surface area (TPSA) is 72.9 Å². The van der Waals surface area contributed by atoms with Crippen molar-refractivity contribution < 1.29 is 14.7 Å². The number of aliphatic carboxylic acids is 1. The summed E-state index contributed by atoms with van der Waals surface area (Å²) in [6.45, 7) is 1.33. The summed E-state index contributed by atoms with van der Waals surface area (Å²) < 4.78 is 0. The molecule has 6 nitrogen and oxygen atoms in total. The average molecular weight is 271 g/mol. The Bertz CT molecular complexity index is 325. The summed E-state index contributed by atoms with van der Waals surface area (Å²) in [5.74, 6) is -0.915. The third-order valence-electron chi connectivity index (χ3n) is 3.69. The van der Waals surface area contributed by atoms with Gasteiger partial charge in [0.1, 0.15) is 5.54 Å². The largest absolute Gasteiger partial charge is 0.480 e. The molecule has 2 N–H and O–H groups in total. The van der Waals surface area contributed by atoms with Crippen molar-refractivity contribution in [1.29, 1.82) is 0 Å². The van der Waals surface area contributed by atoms with Crippen LogP contribution in [-0.4, -0.2) is 66.7 Å². The van der Waals surface area contributed by atoms with Gasteiger partial charge >= 0.3 is 12.0 Å². The van der Waals surface area contributed by atoms with Gasteiger partial charge in [0.05, 0.1) is 0 Å². The molecule has 0 radical (unpaired) electrons. The quantitative estimate of drug-likeness (QED) is 0.781. The van der Waals surface area contributed by atoms with Crippen LogP contribution < -0.4 is 5.32 Å². The number of likely N-dealkylation sites (N-methyl/N-ethyl adjacent to an activating group) is 2. The van der Waals surface area contributed by atoms with E-state index in [1.165, 1.54) is 0 Å². The molecule has 0 bridgehead atoms.